The third kappa shape index (κ3) is 9.05. The lowest BCUT2D eigenvalue weighted by Gasteiger charge is -2.29. The van der Waals surface area contributed by atoms with Crippen LogP contribution in [0, 0.1) is 15.4 Å². The van der Waals surface area contributed by atoms with Crippen molar-refractivity contribution in [2.24, 2.45) is 11.8 Å². The minimum atomic E-state index is -0.895. The van der Waals surface area contributed by atoms with Gasteiger partial charge in [-0.15, -0.1) is 0 Å². The molecule has 1 aliphatic rings. The number of benzene rings is 1. The maximum absolute atomic E-state index is 13.2. The number of halogens is 1. The van der Waals surface area contributed by atoms with Crippen molar-refractivity contribution in [3.63, 3.8) is 0 Å². The van der Waals surface area contributed by atoms with Gasteiger partial charge in [-0.1, -0.05) is 59.1 Å². The van der Waals surface area contributed by atoms with Gasteiger partial charge in [0.2, 0.25) is 17.7 Å². The number of esters is 1. The van der Waals surface area contributed by atoms with Crippen molar-refractivity contribution in [1.29, 1.82) is 0 Å². The summed E-state index contributed by atoms with van der Waals surface area (Å²) >= 11 is 2.21. The van der Waals surface area contributed by atoms with Crippen LogP contribution in [0.1, 0.15) is 72.3 Å². The molecule has 0 aliphatic carbocycles. The number of cyclic esters (lactones) is 1. The Balaban J connectivity index is 2.38. The van der Waals surface area contributed by atoms with Gasteiger partial charge in [0, 0.05) is 9.99 Å². The molecule has 0 spiro atoms. The monoisotopic (exact) mass is 613 g/mol. The Labute approximate surface area is 228 Å². The fourth-order valence-corrected chi connectivity index (χ4v) is 4.48. The summed E-state index contributed by atoms with van der Waals surface area (Å²) < 4.78 is 6.95. The standard InChI is InChI=1S/C27H40IN3O5/c1-6-8-9-17(4)22-15-23(32)30-21(14-19-10-12-20(28)13-11-19)26(34)29-18(5)25(33)31-24(16(3)7-2)27(35)36-22/h10-13,16-18,21-22,24H,6-9,14-15H2,1-5H3,(H,29,34)(H,30,32)(H,31,33). The molecule has 1 fully saturated rings. The second-order valence-electron chi connectivity index (χ2n) is 9.85. The van der Waals surface area contributed by atoms with E-state index < -0.39 is 42.0 Å². The molecule has 9 heteroatoms. The maximum Gasteiger partial charge on any atom is 0.329 e. The van der Waals surface area contributed by atoms with Crippen LogP contribution in [-0.2, 0) is 30.3 Å². The third-order valence-corrected chi connectivity index (χ3v) is 7.54. The summed E-state index contributed by atoms with van der Waals surface area (Å²) in [6.07, 6.45) is 2.93. The zero-order chi connectivity index (χ0) is 26.8. The minimum absolute atomic E-state index is 0.0518. The molecule has 0 bridgehead atoms. The molecule has 1 aromatic rings. The Morgan fingerprint density at radius 1 is 0.972 bits per heavy atom. The van der Waals surface area contributed by atoms with Gasteiger partial charge in [-0.05, 0) is 65.5 Å². The van der Waals surface area contributed by atoms with E-state index in [9.17, 15) is 19.2 Å². The van der Waals surface area contributed by atoms with Crippen LogP contribution in [0.5, 0.6) is 0 Å². The SMILES string of the molecule is CCCCC(C)C1CC(=O)NC(Cc2ccc(I)cc2)C(=O)NC(C)C(=O)NC(C(C)CC)C(=O)O1. The number of hydrogen-bond donors (Lipinski definition) is 3. The van der Waals surface area contributed by atoms with E-state index in [4.69, 9.17) is 4.74 Å². The highest BCUT2D eigenvalue weighted by molar-refractivity contribution is 14.1. The third-order valence-electron chi connectivity index (χ3n) is 6.82. The second kappa shape index (κ2) is 14.5. The molecule has 3 amide bonds. The van der Waals surface area contributed by atoms with Gasteiger partial charge >= 0.3 is 5.97 Å². The van der Waals surface area contributed by atoms with E-state index in [2.05, 4.69) is 45.5 Å². The Bertz CT molecular complexity index is 907. The van der Waals surface area contributed by atoms with Crippen molar-refractivity contribution < 1.29 is 23.9 Å². The number of hydrogen-bond acceptors (Lipinski definition) is 5. The zero-order valence-electron chi connectivity index (χ0n) is 21.9. The Kier molecular flexibility index (Phi) is 12.1. The fourth-order valence-electron chi connectivity index (χ4n) is 4.12. The Hall–Kier alpha value is -2.17. The smallest absolute Gasteiger partial charge is 0.329 e. The molecule has 200 valence electrons. The normalized spacial score (nSPS) is 25.7. The van der Waals surface area contributed by atoms with E-state index >= 15 is 0 Å². The highest BCUT2D eigenvalue weighted by Crippen LogP contribution is 2.21. The highest BCUT2D eigenvalue weighted by atomic mass is 127. The summed E-state index contributed by atoms with van der Waals surface area (Å²) in [5, 5.41) is 8.31. The van der Waals surface area contributed by atoms with Crippen molar-refractivity contribution in [3.05, 3.63) is 33.4 Å². The highest BCUT2D eigenvalue weighted by Gasteiger charge is 2.35. The van der Waals surface area contributed by atoms with Crippen LogP contribution in [-0.4, -0.2) is 47.9 Å². The number of ether oxygens (including phenoxy) is 1. The summed E-state index contributed by atoms with van der Waals surface area (Å²) in [4.78, 5) is 52.5. The Morgan fingerprint density at radius 2 is 1.64 bits per heavy atom. The molecule has 1 aromatic carbocycles. The van der Waals surface area contributed by atoms with Crippen molar-refractivity contribution in [1.82, 2.24) is 16.0 Å². The summed E-state index contributed by atoms with van der Waals surface area (Å²) in [5.41, 5.74) is 0.883. The number of rotatable bonds is 8. The molecule has 1 heterocycles. The van der Waals surface area contributed by atoms with E-state index in [1.807, 2.05) is 45.0 Å². The van der Waals surface area contributed by atoms with Gasteiger partial charge in [-0.2, -0.15) is 0 Å². The van der Waals surface area contributed by atoms with Crippen molar-refractivity contribution in [2.75, 3.05) is 0 Å². The lowest BCUT2D eigenvalue weighted by Crippen LogP contribution is -2.55. The minimum Gasteiger partial charge on any atom is -0.460 e. The topological polar surface area (TPSA) is 114 Å². The van der Waals surface area contributed by atoms with Gasteiger partial charge < -0.3 is 20.7 Å². The summed E-state index contributed by atoms with van der Waals surface area (Å²) in [6.45, 7) is 9.41. The molecule has 0 aromatic heterocycles. The number of nitrogens with one attached hydrogen (secondary N) is 3. The van der Waals surface area contributed by atoms with E-state index in [1.54, 1.807) is 6.92 Å². The van der Waals surface area contributed by atoms with Gasteiger partial charge in [-0.3, -0.25) is 14.4 Å². The molecular formula is C27H40IN3O5. The largest absolute Gasteiger partial charge is 0.460 e. The van der Waals surface area contributed by atoms with Gasteiger partial charge in [0.1, 0.15) is 24.2 Å². The first-order valence-electron chi connectivity index (χ1n) is 12.9. The quantitative estimate of drug-likeness (QED) is 0.307. The van der Waals surface area contributed by atoms with Crippen molar-refractivity contribution in [2.45, 2.75) is 97.4 Å². The van der Waals surface area contributed by atoms with Crippen LogP contribution < -0.4 is 16.0 Å². The maximum atomic E-state index is 13.2. The van der Waals surface area contributed by atoms with Crippen LogP contribution >= 0.6 is 22.6 Å². The van der Waals surface area contributed by atoms with E-state index in [-0.39, 0.29) is 30.6 Å². The summed E-state index contributed by atoms with van der Waals surface area (Å²) in [5.74, 6) is -2.07. The van der Waals surface area contributed by atoms with Gasteiger partial charge in [-0.25, -0.2) is 4.79 Å². The van der Waals surface area contributed by atoms with Crippen LogP contribution in [0.4, 0.5) is 0 Å². The molecule has 0 saturated carbocycles. The number of unbranched alkanes of at least 4 members (excludes halogenated alkanes) is 1. The molecule has 3 N–H and O–H groups in total. The first-order valence-corrected chi connectivity index (χ1v) is 14.0. The van der Waals surface area contributed by atoms with Gasteiger partial charge in [0.15, 0.2) is 0 Å². The van der Waals surface area contributed by atoms with Crippen LogP contribution in [0.15, 0.2) is 24.3 Å². The zero-order valence-corrected chi connectivity index (χ0v) is 24.1. The average molecular weight is 614 g/mol. The molecule has 1 saturated heterocycles. The van der Waals surface area contributed by atoms with Crippen LogP contribution in [0.3, 0.4) is 0 Å². The summed E-state index contributed by atoms with van der Waals surface area (Å²) in [7, 11) is 0. The number of carbonyl (C=O) groups excluding carboxylic acids is 4. The number of amides is 3. The lowest BCUT2D eigenvalue weighted by atomic mass is 9.94. The average Bonchev–Trinajstić information content (AvgIpc) is 2.85. The van der Waals surface area contributed by atoms with Crippen molar-refractivity contribution in [3.8, 4) is 0 Å². The molecule has 2 rings (SSSR count). The van der Waals surface area contributed by atoms with E-state index in [0.717, 1.165) is 28.4 Å². The molecular weight excluding hydrogens is 573 g/mol. The molecule has 1 aliphatic heterocycles. The Morgan fingerprint density at radius 3 is 2.25 bits per heavy atom. The lowest BCUT2D eigenvalue weighted by molar-refractivity contribution is -0.158. The van der Waals surface area contributed by atoms with E-state index in [1.165, 1.54) is 0 Å². The molecule has 6 unspecified atom stereocenters. The molecule has 8 nitrogen and oxygen atoms in total. The van der Waals surface area contributed by atoms with Gasteiger partial charge in [0.25, 0.3) is 0 Å². The van der Waals surface area contributed by atoms with Crippen LogP contribution in [0.25, 0.3) is 0 Å². The fraction of sp³-hybridized carbons (Fsp3) is 0.630. The number of carbonyl (C=O) groups is 4. The van der Waals surface area contributed by atoms with Gasteiger partial charge in [0.05, 0.1) is 6.42 Å². The molecule has 6 atom stereocenters. The van der Waals surface area contributed by atoms with Crippen molar-refractivity contribution >= 4 is 46.3 Å². The van der Waals surface area contributed by atoms with E-state index in [0.29, 0.717) is 6.42 Å². The first kappa shape index (κ1) is 30.1. The molecule has 36 heavy (non-hydrogen) atoms. The first-order chi connectivity index (χ1) is 17.0. The summed E-state index contributed by atoms with van der Waals surface area (Å²) in [6, 6.07) is 5.05. The van der Waals surface area contributed by atoms with Crippen LogP contribution in [0.2, 0.25) is 0 Å². The predicted octanol–water partition coefficient (Wildman–Crippen LogP) is 3.50. The second-order valence-corrected chi connectivity index (χ2v) is 11.1. The predicted molar refractivity (Wildman–Crippen MR) is 147 cm³/mol. The molecule has 0 radical (unpaired) electrons.